The highest BCUT2D eigenvalue weighted by molar-refractivity contribution is 6.04. The first-order valence-electron chi connectivity index (χ1n) is 8.28. The number of ketones is 1. The normalized spacial score (nSPS) is 12.1. The number of ether oxygens (including phenoxy) is 2. The van der Waals surface area contributed by atoms with Crippen molar-refractivity contribution in [1.29, 1.82) is 0 Å². The Labute approximate surface area is 158 Å². The second kappa shape index (κ2) is 7.06. The number of halogens is 1. The Morgan fingerprint density at radius 2 is 1.89 bits per heavy atom. The Morgan fingerprint density at radius 3 is 2.61 bits per heavy atom. The van der Waals surface area contributed by atoms with Crippen molar-refractivity contribution in [2.75, 3.05) is 12.1 Å². The van der Waals surface area contributed by atoms with Gasteiger partial charge in [0.05, 0.1) is 5.69 Å². The second-order valence-corrected chi connectivity index (χ2v) is 6.01. The van der Waals surface area contributed by atoms with Gasteiger partial charge in [0.25, 0.3) is 0 Å². The summed E-state index contributed by atoms with van der Waals surface area (Å²) in [4.78, 5) is 25.4. The van der Waals surface area contributed by atoms with Crippen molar-refractivity contribution in [2.45, 2.75) is 13.5 Å². The third kappa shape index (κ3) is 3.52. The molecule has 2 aromatic carbocycles. The number of hydrogen-bond acceptors (Lipinski definition) is 7. The number of fused-ring (bicyclic) bond motifs is 1. The molecule has 0 saturated heterocycles. The van der Waals surface area contributed by atoms with E-state index >= 15 is 0 Å². The zero-order valence-corrected chi connectivity index (χ0v) is 14.7. The number of anilines is 1. The average molecular weight is 383 g/mol. The Kier molecular flexibility index (Phi) is 4.44. The maximum atomic E-state index is 13.0. The minimum absolute atomic E-state index is 0.0547. The molecule has 1 amide bonds. The summed E-state index contributed by atoms with van der Waals surface area (Å²) in [7, 11) is 0. The van der Waals surface area contributed by atoms with Gasteiger partial charge >= 0.3 is 0 Å². The molecule has 1 aliphatic heterocycles. The van der Waals surface area contributed by atoms with Crippen LogP contribution in [0.1, 0.15) is 17.3 Å². The van der Waals surface area contributed by atoms with Crippen LogP contribution in [0.2, 0.25) is 0 Å². The predicted molar refractivity (Wildman–Crippen MR) is 94.4 cm³/mol. The molecule has 10 heteroatoms. The molecule has 0 bridgehead atoms. The number of carbonyl (C=O) groups is 2. The Bertz CT molecular complexity index is 1060. The monoisotopic (exact) mass is 383 g/mol. The van der Waals surface area contributed by atoms with E-state index < -0.39 is 5.91 Å². The number of tetrazole rings is 1. The Hall–Kier alpha value is -3.82. The smallest absolute Gasteiger partial charge is 0.248 e. The summed E-state index contributed by atoms with van der Waals surface area (Å²) in [5.41, 5.74) is 1.18. The van der Waals surface area contributed by atoms with Gasteiger partial charge in [0.1, 0.15) is 12.4 Å². The molecule has 0 radical (unpaired) electrons. The van der Waals surface area contributed by atoms with Crippen molar-refractivity contribution in [3.8, 4) is 22.9 Å². The molecule has 0 atom stereocenters. The summed E-state index contributed by atoms with van der Waals surface area (Å²) in [6.07, 6.45) is 0. The van der Waals surface area contributed by atoms with Crippen LogP contribution in [0.4, 0.5) is 10.1 Å². The van der Waals surface area contributed by atoms with Crippen molar-refractivity contribution < 1.29 is 23.5 Å². The number of carbonyl (C=O) groups excluding carboxylic acids is 2. The van der Waals surface area contributed by atoms with Gasteiger partial charge in [-0.2, -0.15) is 4.80 Å². The lowest BCUT2D eigenvalue weighted by atomic mass is 10.1. The second-order valence-electron chi connectivity index (χ2n) is 6.01. The van der Waals surface area contributed by atoms with E-state index in [4.69, 9.17) is 9.47 Å². The fourth-order valence-corrected chi connectivity index (χ4v) is 2.68. The van der Waals surface area contributed by atoms with Gasteiger partial charge in [-0.3, -0.25) is 9.59 Å². The van der Waals surface area contributed by atoms with Crippen molar-refractivity contribution in [3.05, 3.63) is 47.8 Å². The van der Waals surface area contributed by atoms with Gasteiger partial charge in [0.15, 0.2) is 17.3 Å². The van der Waals surface area contributed by atoms with Gasteiger partial charge in [-0.15, -0.1) is 10.2 Å². The van der Waals surface area contributed by atoms with Crippen molar-refractivity contribution in [3.63, 3.8) is 0 Å². The molecule has 0 aliphatic carbocycles. The van der Waals surface area contributed by atoms with Crippen LogP contribution in [0.15, 0.2) is 36.4 Å². The molecule has 3 aromatic rings. The molecule has 0 fully saturated rings. The quantitative estimate of drug-likeness (QED) is 0.672. The third-order valence-electron chi connectivity index (χ3n) is 4.01. The summed E-state index contributed by atoms with van der Waals surface area (Å²) < 4.78 is 23.5. The number of nitrogens with zero attached hydrogens (tertiary/aromatic N) is 4. The highest BCUT2D eigenvalue weighted by Gasteiger charge is 2.20. The largest absolute Gasteiger partial charge is 0.454 e. The molecule has 1 aromatic heterocycles. The van der Waals surface area contributed by atoms with Crippen LogP contribution in [0.3, 0.4) is 0 Å². The standard InChI is InChI=1S/C18H14FN5O4/c1-10(25)13-6-15-16(28-9-27-15)7-14(13)20-17(26)8-24-22-18(21-23-24)11-2-4-12(19)5-3-11/h2-7H,8-9H2,1H3,(H,20,26). The molecule has 1 N–H and O–H groups in total. The van der Waals surface area contributed by atoms with E-state index in [9.17, 15) is 14.0 Å². The minimum atomic E-state index is -0.454. The van der Waals surface area contributed by atoms with Gasteiger partial charge in [-0.05, 0) is 42.5 Å². The molecule has 0 spiro atoms. The van der Waals surface area contributed by atoms with Gasteiger partial charge in [-0.1, -0.05) is 0 Å². The molecular weight excluding hydrogens is 369 g/mol. The van der Waals surface area contributed by atoms with Gasteiger partial charge in [-0.25, -0.2) is 4.39 Å². The molecule has 28 heavy (non-hydrogen) atoms. The number of rotatable bonds is 5. The first-order chi connectivity index (χ1) is 13.5. The number of benzene rings is 2. The lowest BCUT2D eigenvalue weighted by Crippen LogP contribution is -2.21. The van der Waals surface area contributed by atoms with Crippen LogP contribution in [0.25, 0.3) is 11.4 Å². The molecule has 0 saturated carbocycles. The van der Waals surface area contributed by atoms with E-state index in [0.717, 1.165) is 4.80 Å². The van der Waals surface area contributed by atoms with Gasteiger partial charge < -0.3 is 14.8 Å². The lowest BCUT2D eigenvalue weighted by Gasteiger charge is -2.10. The average Bonchev–Trinajstić information content (AvgIpc) is 3.30. The van der Waals surface area contributed by atoms with Crippen molar-refractivity contribution >= 4 is 17.4 Å². The van der Waals surface area contributed by atoms with Crippen LogP contribution >= 0.6 is 0 Å². The van der Waals surface area contributed by atoms with Crippen LogP contribution in [0, 0.1) is 5.82 Å². The lowest BCUT2D eigenvalue weighted by molar-refractivity contribution is -0.117. The fraction of sp³-hybridized carbons (Fsp3) is 0.167. The number of aromatic nitrogens is 4. The van der Waals surface area contributed by atoms with E-state index in [-0.39, 0.29) is 30.8 Å². The maximum absolute atomic E-state index is 13.0. The number of nitrogens with one attached hydrogen (secondary N) is 1. The molecule has 142 valence electrons. The van der Waals surface area contributed by atoms with E-state index in [1.807, 2.05) is 0 Å². The first-order valence-corrected chi connectivity index (χ1v) is 8.28. The molecule has 1 aliphatic rings. The van der Waals surface area contributed by atoms with E-state index in [0.29, 0.717) is 28.3 Å². The predicted octanol–water partition coefficient (Wildman–Crippen LogP) is 2.05. The van der Waals surface area contributed by atoms with Crippen molar-refractivity contribution in [2.24, 2.45) is 0 Å². The highest BCUT2D eigenvalue weighted by atomic mass is 19.1. The molecule has 9 nitrogen and oxygen atoms in total. The zero-order chi connectivity index (χ0) is 19.7. The minimum Gasteiger partial charge on any atom is -0.454 e. The van der Waals surface area contributed by atoms with Crippen LogP contribution in [-0.4, -0.2) is 38.7 Å². The number of hydrogen-bond donors (Lipinski definition) is 1. The summed E-state index contributed by atoms with van der Waals surface area (Å²) >= 11 is 0. The van der Waals surface area contributed by atoms with Gasteiger partial charge in [0, 0.05) is 17.2 Å². The van der Waals surface area contributed by atoms with Crippen LogP contribution < -0.4 is 14.8 Å². The van der Waals surface area contributed by atoms with Gasteiger partial charge in [0.2, 0.25) is 18.5 Å². The Balaban J connectivity index is 1.49. The molecule has 4 rings (SSSR count). The Morgan fingerprint density at radius 1 is 1.18 bits per heavy atom. The topological polar surface area (TPSA) is 108 Å². The van der Waals surface area contributed by atoms with Crippen LogP contribution in [-0.2, 0) is 11.3 Å². The summed E-state index contributed by atoms with van der Waals surface area (Å²) in [6, 6.07) is 8.67. The van der Waals surface area contributed by atoms with E-state index in [2.05, 4.69) is 20.7 Å². The van der Waals surface area contributed by atoms with E-state index in [1.165, 1.54) is 43.3 Å². The highest BCUT2D eigenvalue weighted by Crippen LogP contribution is 2.37. The van der Waals surface area contributed by atoms with Crippen LogP contribution in [0.5, 0.6) is 11.5 Å². The zero-order valence-electron chi connectivity index (χ0n) is 14.7. The summed E-state index contributed by atoms with van der Waals surface area (Å²) in [6.45, 7) is 1.22. The third-order valence-corrected chi connectivity index (χ3v) is 4.01. The van der Waals surface area contributed by atoms with E-state index in [1.54, 1.807) is 0 Å². The fourth-order valence-electron chi connectivity index (χ4n) is 2.68. The summed E-state index contributed by atoms with van der Waals surface area (Å²) in [5.74, 6) is 0.0965. The first kappa shape index (κ1) is 17.6. The number of amides is 1. The maximum Gasteiger partial charge on any atom is 0.248 e. The van der Waals surface area contributed by atoms with Crippen molar-refractivity contribution in [1.82, 2.24) is 20.2 Å². The SMILES string of the molecule is CC(=O)c1cc2c(cc1NC(=O)Cn1nnc(-c3ccc(F)cc3)n1)OCO2. The summed E-state index contributed by atoms with van der Waals surface area (Å²) in [5, 5.41) is 14.4. The molecule has 0 unspecified atom stereocenters. The molecular formula is C18H14FN5O4. The number of Topliss-reactive ketones (excluding diaryl/α,β-unsaturated/α-hetero) is 1. The molecule has 2 heterocycles.